The van der Waals surface area contributed by atoms with Crippen molar-refractivity contribution in [3.63, 3.8) is 0 Å². The summed E-state index contributed by atoms with van der Waals surface area (Å²) in [4.78, 5) is 13.7. The van der Waals surface area contributed by atoms with Crippen molar-refractivity contribution in [2.24, 2.45) is 5.92 Å². The van der Waals surface area contributed by atoms with Gasteiger partial charge in [-0.2, -0.15) is 17.5 Å². The minimum absolute atomic E-state index is 0.102. The molecular weight excluding hydrogens is 477 g/mol. The van der Waals surface area contributed by atoms with Crippen molar-refractivity contribution in [3.05, 3.63) is 87.8 Å². The highest BCUT2D eigenvalue weighted by Crippen LogP contribution is 2.33. The number of hydrogen-bond acceptors (Lipinski definition) is 3. The number of fused-ring (bicyclic) bond motifs is 1. The summed E-state index contributed by atoms with van der Waals surface area (Å²) in [6.07, 6.45) is -0.897. The fraction of sp³-hybridized carbons (Fsp3) is 0.346. The normalized spacial score (nSPS) is 17.1. The topological polar surface area (TPSA) is 59.4 Å². The molecule has 0 spiro atoms. The second-order valence-electron chi connectivity index (χ2n) is 9.22. The number of aromatic nitrogens is 1. The van der Waals surface area contributed by atoms with Crippen molar-refractivity contribution in [2.45, 2.75) is 49.8 Å². The SMILES string of the molecule is O=c1c(-c2ccc(C(F)(F)F)cc2)cc2c(n1CC1CCC1)CCN(S(=O)(=O)c1ccccc1)C2. The third-order valence-corrected chi connectivity index (χ3v) is 8.86. The highest BCUT2D eigenvalue weighted by molar-refractivity contribution is 7.89. The highest BCUT2D eigenvalue weighted by Gasteiger charge is 2.32. The van der Waals surface area contributed by atoms with Gasteiger partial charge in [-0.25, -0.2) is 8.42 Å². The van der Waals surface area contributed by atoms with Crippen LogP contribution in [0.15, 0.2) is 70.4 Å². The molecule has 9 heteroatoms. The predicted octanol–water partition coefficient (Wildman–Crippen LogP) is 5.08. The number of hydrogen-bond donors (Lipinski definition) is 0. The van der Waals surface area contributed by atoms with Crippen molar-refractivity contribution in [1.82, 2.24) is 8.87 Å². The van der Waals surface area contributed by atoms with E-state index in [1.54, 1.807) is 41.0 Å². The van der Waals surface area contributed by atoms with Crippen LogP contribution in [0.25, 0.3) is 11.1 Å². The van der Waals surface area contributed by atoms with E-state index in [1.807, 2.05) is 0 Å². The molecule has 1 fully saturated rings. The number of halogens is 3. The van der Waals surface area contributed by atoms with Crippen LogP contribution in [0, 0.1) is 5.92 Å². The maximum absolute atomic E-state index is 13.5. The fourth-order valence-corrected chi connectivity index (χ4v) is 6.25. The van der Waals surface area contributed by atoms with E-state index in [0.717, 1.165) is 37.1 Å². The number of alkyl halides is 3. The van der Waals surface area contributed by atoms with E-state index in [-0.39, 0.29) is 29.1 Å². The summed E-state index contributed by atoms with van der Waals surface area (Å²) < 4.78 is 68.7. The Morgan fingerprint density at radius 2 is 1.66 bits per heavy atom. The molecule has 184 valence electrons. The smallest absolute Gasteiger partial charge is 0.311 e. The summed E-state index contributed by atoms with van der Waals surface area (Å²) in [5.74, 6) is 0.380. The first-order valence-corrected chi connectivity index (χ1v) is 13.1. The second-order valence-corrected chi connectivity index (χ2v) is 11.2. The van der Waals surface area contributed by atoms with Crippen molar-refractivity contribution in [1.29, 1.82) is 0 Å². The lowest BCUT2D eigenvalue weighted by atomic mass is 9.85. The maximum Gasteiger partial charge on any atom is 0.416 e. The molecule has 0 atom stereocenters. The second kappa shape index (κ2) is 8.95. The van der Waals surface area contributed by atoms with Gasteiger partial charge in [-0.3, -0.25) is 4.79 Å². The Labute approximate surface area is 201 Å². The van der Waals surface area contributed by atoms with Gasteiger partial charge in [-0.15, -0.1) is 0 Å². The van der Waals surface area contributed by atoms with E-state index in [4.69, 9.17) is 0 Å². The molecule has 0 bridgehead atoms. The molecule has 0 radical (unpaired) electrons. The first-order valence-electron chi connectivity index (χ1n) is 11.6. The van der Waals surface area contributed by atoms with Crippen molar-refractivity contribution >= 4 is 10.0 Å². The number of nitrogens with zero attached hydrogens (tertiary/aromatic N) is 2. The van der Waals surface area contributed by atoms with Gasteiger partial charge in [0, 0.05) is 37.3 Å². The molecular formula is C26H25F3N2O3S. The van der Waals surface area contributed by atoms with Crippen molar-refractivity contribution < 1.29 is 21.6 Å². The van der Waals surface area contributed by atoms with E-state index in [1.165, 1.54) is 16.4 Å². The summed E-state index contributed by atoms with van der Waals surface area (Å²) in [7, 11) is -3.72. The third-order valence-electron chi connectivity index (χ3n) is 7.01. The summed E-state index contributed by atoms with van der Waals surface area (Å²) in [6.45, 7) is 0.903. The number of benzene rings is 2. The zero-order chi connectivity index (χ0) is 24.8. The van der Waals surface area contributed by atoms with Crippen LogP contribution in [0.3, 0.4) is 0 Å². The van der Waals surface area contributed by atoms with Crippen molar-refractivity contribution in [3.8, 4) is 11.1 Å². The third kappa shape index (κ3) is 4.54. The summed E-state index contributed by atoms with van der Waals surface area (Å²) in [5.41, 5.74) is 1.18. The Morgan fingerprint density at radius 1 is 0.971 bits per heavy atom. The molecule has 1 saturated carbocycles. The first kappa shape index (κ1) is 23.8. The molecule has 1 aliphatic heterocycles. The van der Waals surface area contributed by atoms with Gasteiger partial charge in [0.2, 0.25) is 10.0 Å². The van der Waals surface area contributed by atoms with Gasteiger partial charge < -0.3 is 4.57 Å². The molecule has 2 aromatic carbocycles. The van der Waals surface area contributed by atoms with Crippen LogP contribution < -0.4 is 5.56 Å². The zero-order valence-corrected chi connectivity index (χ0v) is 19.8. The number of pyridine rings is 1. The van der Waals surface area contributed by atoms with Crippen LogP contribution in [0.5, 0.6) is 0 Å². The molecule has 2 heterocycles. The van der Waals surface area contributed by atoms with Gasteiger partial charge in [0.1, 0.15) is 0 Å². The Hall–Kier alpha value is -2.91. The van der Waals surface area contributed by atoms with Crippen LogP contribution in [0.4, 0.5) is 13.2 Å². The monoisotopic (exact) mass is 502 g/mol. The lowest BCUT2D eigenvalue weighted by Crippen LogP contribution is -2.40. The minimum atomic E-state index is -4.47. The lowest BCUT2D eigenvalue weighted by Gasteiger charge is -2.33. The van der Waals surface area contributed by atoms with E-state index in [9.17, 15) is 26.4 Å². The summed E-state index contributed by atoms with van der Waals surface area (Å²) in [6, 6.07) is 14.4. The van der Waals surface area contributed by atoms with Crippen LogP contribution in [-0.4, -0.2) is 23.8 Å². The number of sulfonamides is 1. The molecule has 0 N–H and O–H groups in total. The highest BCUT2D eigenvalue weighted by atomic mass is 32.2. The first-order chi connectivity index (χ1) is 16.6. The van der Waals surface area contributed by atoms with Crippen LogP contribution >= 0.6 is 0 Å². The van der Waals surface area contributed by atoms with E-state index >= 15 is 0 Å². The average Bonchev–Trinajstić information content (AvgIpc) is 2.82. The molecule has 5 nitrogen and oxygen atoms in total. The molecule has 0 saturated heterocycles. The molecule has 35 heavy (non-hydrogen) atoms. The largest absolute Gasteiger partial charge is 0.416 e. The minimum Gasteiger partial charge on any atom is -0.311 e. The molecule has 2 aliphatic rings. The molecule has 3 aromatic rings. The quantitative estimate of drug-likeness (QED) is 0.489. The standard InChI is InChI=1S/C26H25F3N2O3S/c27-26(28,29)21-11-9-19(10-12-21)23-15-20-17-30(35(33,34)22-7-2-1-3-8-22)14-13-24(20)31(25(23)32)16-18-5-4-6-18/h1-3,7-12,15,18H,4-6,13-14,16-17H2. The molecule has 0 unspecified atom stereocenters. The average molecular weight is 503 g/mol. The van der Waals surface area contributed by atoms with Crippen LogP contribution in [-0.2, 0) is 35.7 Å². The van der Waals surface area contributed by atoms with Gasteiger partial charge in [0.05, 0.1) is 10.5 Å². The molecule has 1 aliphatic carbocycles. The zero-order valence-electron chi connectivity index (χ0n) is 19.0. The van der Waals surface area contributed by atoms with Crippen LogP contribution in [0.1, 0.15) is 36.1 Å². The maximum atomic E-state index is 13.5. The van der Waals surface area contributed by atoms with E-state index in [0.29, 0.717) is 30.0 Å². The Morgan fingerprint density at radius 3 is 2.26 bits per heavy atom. The molecule has 1 aromatic heterocycles. The van der Waals surface area contributed by atoms with Gasteiger partial charge >= 0.3 is 6.18 Å². The fourth-order valence-electron chi connectivity index (χ4n) is 4.81. The predicted molar refractivity (Wildman–Crippen MR) is 126 cm³/mol. The van der Waals surface area contributed by atoms with Gasteiger partial charge in [-0.1, -0.05) is 36.8 Å². The van der Waals surface area contributed by atoms with Gasteiger partial charge in [0.15, 0.2) is 0 Å². The van der Waals surface area contributed by atoms with Crippen LogP contribution in [0.2, 0.25) is 0 Å². The van der Waals surface area contributed by atoms with E-state index < -0.39 is 21.8 Å². The summed E-state index contributed by atoms with van der Waals surface area (Å²) in [5, 5.41) is 0. The Balaban J connectivity index is 1.57. The van der Waals surface area contributed by atoms with Gasteiger partial charge in [0.25, 0.3) is 5.56 Å². The molecule has 5 rings (SSSR count). The Bertz CT molecular complexity index is 1390. The lowest BCUT2D eigenvalue weighted by molar-refractivity contribution is -0.137. The number of rotatable bonds is 5. The molecule has 0 amide bonds. The summed E-state index contributed by atoms with van der Waals surface area (Å²) >= 11 is 0. The van der Waals surface area contributed by atoms with E-state index in [2.05, 4.69) is 0 Å². The Kier molecular flexibility index (Phi) is 6.09. The van der Waals surface area contributed by atoms with Crippen molar-refractivity contribution in [2.75, 3.05) is 6.54 Å². The van der Waals surface area contributed by atoms with Gasteiger partial charge in [-0.05, 0) is 60.2 Å².